The Bertz CT molecular complexity index is 1070. The van der Waals surface area contributed by atoms with E-state index in [1.54, 1.807) is 48.5 Å². The van der Waals surface area contributed by atoms with Crippen molar-refractivity contribution in [3.8, 4) is 11.8 Å². The second-order valence-electron chi connectivity index (χ2n) is 6.01. The zero-order chi connectivity index (χ0) is 19.9. The van der Waals surface area contributed by atoms with Gasteiger partial charge < -0.3 is 9.84 Å². The fourth-order valence-electron chi connectivity index (χ4n) is 2.63. The largest absolute Gasteiger partial charge is 0.488 e. The number of ether oxygens (including phenoxy) is 1. The Hall–Kier alpha value is -3.55. The minimum atomic E-state index is -0.965. The first-order chi connectivity index (χ1) is 13.6. The third-order valence-electron chi connectivity index (χ3n) is 4.07. The number of aromatic carboxylic acids is 1. The van der Waals surface area contributed by atoms with E-state index in [4.69, 9.17) is 21.4 Å². The molecular weight excluding hydrogens is 374 g/mol. The number of carbonyl (C=O) groups is 1. The summed E-state index contributed by atoms with van der Waals surface area (Å²) in [5, 5.41) is 19.1. The van der Waals surface area contributed by atoms with Crippen LogP contribution in [0.4, 0.5) is 0 Å². The number of benzene rings is 3. The summed E-state index contributed by atoms with van der Waals surface area (Å²) in [7, 11) is 0. The number of nitriles is 1. The van der Waals surface area contributed by atoms with Crippen LogP contribution in [0.1, 0.15) is 27.0 Å². The first kappa shape index (κ1) is 19.2. The molecule has 0 bridgehead atoms. The molecule has 0 spiro atoms. The molecule has 0 aliphatic carbocycles. The lowest BCUT2D eigenvalue weighted by atomic mass is 10.0. The van der Waals surface area contributed by atoms with Crippen molar-refractivity contribution < 1.29 is 14.6 Å². The fourth-order valence-corrected chi connectivity index (χ4v) is 2.82. The number of hydrogen-bond donors (Lipinski definition) is 1. The second-order valence-corrected chi connectivity index (χ2v) is 6.45. The molecule has 138 valence electrons. The normalized spacial score (nSPS) is 10.9. The zero-order valence-corrected chi connectivity index (χ0v) is 15.6. The summed E-state index contributed by atoms with van der Waals surface area (Å²) >= 11 is 6.03. The standard InChI is InChI=1S/C23H16ClNO3/c24-21-6-3-5-18(13-21)20(14-25)12-19-4-1-2-7-22(19)28-15-16-8-10-17(11-9-16)23(26)27/h1-13H,15H2,(H,26,27)/b20-12-. The van der Waals surface area contributed by atoms with Crippen LogP contribution in [0.5, 0.6) is 5.75 Å². The maximum absolute atomic E-state index is 10.9. The second kappa shape index (κ2) is 8.90. The van der Waals surface area contributed by atoms with E-state index in [9.17, 15) is 10.1 Å². The molecule has 0 aliphatic heterocycles. The summed E-state index contributed by atoms with van der Waals surface area (Å²) in [5.74, 6) is -0.340. The van der Waals surface area contributed by atoms with Crippen molar-refractivity contribution in [2.24, 2.45) is 0 Å². The van der Waals surface area contributed by atoms with E-state index in [-0.39, 0.29) is 12.2 Å². The van der Waals surface area contributed by atoms with Gasteiger partial charge in [0.2, 0.25) is 0 Å². The number of allylic oxidation sites excluding steroid dienone is 1. The van der Waals surface area contributed by atoms with Crippen LogP contribution < -0.4 is 4.74 Å². The van der Waals surface area contributed by atoms with Crippen LogP contribution in [0, 0.1) is 11.3 Å². The number of carboxylic acids is 1. The Morgan fingerprint density at radius 1 is 1.04 bits per heavy atom. The molecular formula is C23H16ClNO3. The summed E-state index contributed by atoms with van der Waals surface area (Å²) < 4.78 is 5.90. The predicted octanol–water partition coefficient (Wildman–Crippen LogP) is 5.68. The molecule has 3 aromatic carbocycles. The van der Waals surface area contributed by atoms with E-state index in [1.807, 2.05) is 30.3 Å². The van der Waals surface area contributed by atoms with Gasteiger partial charge in [0.15, 0.2) is 0 Å². The van der Waals surface area contributed by atoms with Gasteiger partial charge in [0.05, 0.1) is 17.2 Å². The molecule has 0 aromatic heterocycles. The van der Waals surface area contributed by atoms with Crippen molar-refractivity contribution in [3.63, 3.8) is 0 Å². The Morgan fingerprint density at radius 2 is 1.79 bits per heavy atom. The average Bonchev–Trinajstić information content (AvgIpc) is 2.71. The Labute approximate surface area is 167 Å². The fraction of sp³-hybridized carbons (Fsp3) is 0.0435. The number of para-hydroxylation sites is 1. The van der Waals surface area contributed by atoms with Crippen LogP contribution in [0.3, 0.4) is 0 Å². The summed E-state index contributed by atoms with van der Waals surface area (Å²) in [6.45, 7) is 0.282. The monoisotopic (exact) mass is 389 g/mol. The van der Waals surface area contributed by atoms with Gasteiger partial charge in [-0.05, 0) is 47.5 Å². The molecule has 3 rings (SSSR count). The van der Waals surface area contributed by atoms with Crippen LogP contribution in [-0.4, -0.2) is 11.1 Å². The summed E-state index contributed by atoms with van der Waals surface area (Å²) in [6, 6.07) is 23.3. The maximum Gasteiger partial charge on any atom is 0.335 e. The Morgan fingerprint density at radius 3 is 2.46 bits per heavy atom. The van der Waals surface area contributed by atoms with Crippen LogP contribution >= 0.6 is 11.6 Å². The molecule has 0 heterocycles. The van der Waals surface area contributed by atoms with Crippen molar-refractivity contribution in [2.75, 3.05) is 0 Å². The van der Waals surface area contributed by atoms with E-state index in [0.29, 0.717) is 16.3 Å². The third kappa shape index (κ3) is 4.79. The van der Waals surface area contributed by atoms with Crippen molar-refractivity contribution in [1.29, 1.82) is 5.26 Å². The summed E-state index contributed by atoms with van der Waals surface area (Å²) in [4.78, 5) is 10.9. The van der Waals surface area contributed by atoms with E-state index in [0.717, 1.165) is 16.7 Å². The lowest BCUT2D eigenvalue weighted by Crippen LogP contribution is -1.99. The van der Waals surface area contributed by atoms with E-state index in [1.165, 1.54) is 0 Å². The lowest BCUT2D eigenvalue weighted by Gasteiger charge is -2.10. The molecule has 4 nitrogen and oxygen atoms in total. The quantitative estimate of drug-likeness (QED) is 0.434. The first-order valence-corrected chi connectivity index (χ1v) is 8.86. The van der Waals surface area contributed by atoms with Crippen LogP contribution in [0.15, 0.2) is 72.8 Å². The van der Waals surface area contributed by atoms with Gasteiger partial charge in [-0.15, -0.1) is 0 Å². The van der Waals surface area contributed by atoms with Crippen molar-refractivity contribution >= 4 is 29.2 Å². The van der Waals surface area contributed by atoms with Crippen molar-refractivity contribution in [1.82, 2.24) is 0 Å². The van der Waals surface area contributed by atoms with Crippen LogP contribution in [0.25, 0.3) is 11.6 Å². The first-order valence-electron chi connectivity index (χ1n) is 8.48. The van der Waals surface area contributed by atoms with Gasteiger partial charge in [0.1, 0.15) is 12.4 Å². The van der Waals surface area contributed by atoms with Gasteiger partial charge in [0, 0.05) is 10.6 Å². The molecule has 0 amide bonds. The smallest absolute Gasteiger partial charge is 0.335 e. The molecule has 28 heavy (non-hydrogen) atoms. The number of carboxylic acid groups (broad SMARTS) is 1. The SMILES string of the molecule is N#C/C(=C/c1ccccc1OCc1ccc(C(=O)O)cc1)c1cccc(Cl)c1. The molecule has 0 atom stereocenters. The molecule has 0 unspecified atom stereocenters. The topological polar surface area (TPSA) is 70.3 Å². The number of rotatable bonds is 6. The average molecular weight is 390 g/mol. The number of hydrogen-bond acceptors (Lipinski definition) is 3. The van der Waals surface area contributed by atoms with Gasteiger partial charge in [-0.2, -0.15) is 5.26 Å². The van der Waals surface area contributed by atoms with Crippen molar-refractivity contribution in [3.05, 3.63) is 100 Å². The molecule has 1 N–H and O–H groups in total. The van der Waals surface area contributed by atoms with E-state index in [2.05, 4.69) is 6.07 Å². The molecule has 0 saturated carbocycles. The van der Waals surface area contributed by atoms with Gasteiger partial charge in [-0.1, -0.05) is 54.1 Å². The Kier molecular flexibility index (Phi) is 6.11. The van der Waals surface area contributed by atoms with E-state index < -0.39 is 5.97 Å². The maximum atomic E-state index is 10.9. The van der Waals surface area contributed by atoms with E-state index >= 15 is 0 Å². The molecule has 3 aromatic rings. The summed E-state index contributed by atoms with van der Waals surface area (Å²) in [5.41, 5.74) is 3.05. The summed E-state index contributed by atoms with van der Waals surface area (Å²) in [6.07, 6.45) is 1.76. The highest BCUT2D eigenvalue weighted by Crippen LogP contribution is 2.26. The van der Waals surface area contributed by atoms with Gasteiger partial charge in [-0.3, -0.25) is 0 Å². The predicted molar refractivity (Wildman–Crippen MR) is 109 cm³/mol. The van der Waals surface area contributed by atoms with Gasteiger partial charge in [0.25, 0.3) is 0 Å². The lowest BCUT2D eigenvalue weighted by molar-refractivity contribution is 0.0697. The van der Waals surface area contributed by atoms with Crippen LogP contribution in [0.2, 0.25) is 5.02 Å². The van der Waals surface area contributed by atoms with Crippen molar-refractivity contribution in [2.45, 2.75) is 6.61 Å². The molecule has 0 radical (unpaired) electrons. The highest BCUT2D eigenvalue weighted by Gasteiger charge is 2.07. The highest BCUT2D eigenvalue weighted by atomic mass is 35.5. The third-order valence-corrected chi connectivity index (χ3v) is 4.31. The Balaban J connectivity index is 1.82. The zero-order valence-electron chi connectivity index (χ0n) is 14.8. The minimum Gasteiger partial charge on any atom is -0.488 e. The van der Waals surface area contributed by atoms with Gasteiger partial charge >= 0.3 is 5.97 Å². The van der Waals surface area contributed by atoms with Crippen LogP contribution in [-0.2, 0) is 6.61 Å². The molecule has 0 fully saturated rings. The minimum absolute atomic E-state index is 0.229. The molecule has 0 saturated heterocycles. The number of halogens is 1. The number of nitrogens with zero attached hydrogens (tertiary/aromatic N) is 1. The molecule has 5 heteroatoms. The van der Waals surface area contributed by atoms with Gasteiger partial charge in [-0.25, -0.2) is 4.79 Å². The molecule has 0 aliphatic rings. The highest BCUT2D eigenvalue weighted by molar-refractivity contribution is 6.30.